The lowest BCUT2D eigenvalue weighted by Crippen LogP contribution is -2.13. The first kappa shape index (κ1) is 13.7. The first-order valence-electron chi connectivity index (χ1n) is 5.53. The summed E-state index contributed by atoms with van der Waals surface area (Å²) >= 11 is 5.77. The fourth-order valence-corrected chi connectivity index (χ4v) is 2.81. The third kappa shape index (κ3) is 3.19. The van der Waals surface area contributed by atoms with Gasteiger partial charge in [0.25, 0.3) is 10.0 Å². The van der Waals surface area contributed by atoms with Crippen molar-refractivity contribution in [1.29, 1.82) is 0 Å². The van der Waals surface area contributed by atoms with Crippen molar-refractivity contribution < 1.29 is 8.42 Å². The molecule has 0 aliphatic rings. The van der Waals surface area contributed by atoms with Crippen molar-refractivity contribution in [2.45, 2.75) is 11.8 Å². The first-order chi connectivity index (χ1) is 8.88. The molecule has 0 aliphatic heterocycles. The van der Waals surface area contributed by atoms with Crippen LogP contribution in [-0.4, -0.2) is 8.42 Å². The number of rotatable bonds is 3. The third-order valence-electron chi connectivity index (χ3n) is 2.55. The number of nitrogens with one attached hydrogen (secondary N) is 1. The maximum atomic E-state index is 12.2. The minimum Gasteiger partial charge on any atom is -0.397 e. The van der Waals surface area contributed by atoms with Crippen LogP contribution in [0.4, 0.5) is 11.4 Å². The van der Waals surface area contributed by atoms with Crippen molar-refractivity contribution >= 4 is 33.0 Å². The summed E-state index contributed by atoms with van der Waals surface area (Å²) in [5.74, 6) is 0. The van der Waals surface area contributed by atoms with E-state index in [2.05, 4.69) is 4.72 Å². The Labute approximate surface area is 117 Å². The summed E-state index contributed by atoms with van der Waals surface area (Å²) in [6.45, 7) is 1.89. The summed E-state index contributed by atoms with van der Waals surface area (Å²) in [5.41, 5.74) is 7.32. The molecule has 0 amide bonds. The van der Waals surface area contributed by atoms with E-state index < -0.39 is 10.0 Å². The molecule has 3 N–H and O–H groups in total. The van der Waals surface area contributed by atoms with E-state index in [9.17, 15) is 8.42 Å². The van der Waals surface area contributed by atoms with Crippen LogP contribution in [0.15, 0.2) is 47.4 Å². The molecule has 0 saturated heterocycles. The Balaban J connectivity index is 2.35. The molecule has 0 spiro atoms. The lowest BCUT2D eigenvalue weighted by Gasteiger charge is -2.09. The fraction of sp³-hybridized carbons (Fsp3) is 0.0769. The van der Waals surface area contributed by atoms with Gasteiger partial charge in [0, 0.05) is 5.69 Å². The summed E-state index contributed by atoms with van der Waals surface area (Å²) in [4.78, 5) is 0.0795. The molecule has 2 aromatic carbocycles. The molecule has 0 bridgehead atoms. The number of nitrogen functional groups attached to an aromatic ring is 1. The minimum atomic E-state index is -3.66. The molecule has 2 rings (SSSR count). The molecule has 100 valence electrons. The molecule has 0 unspecified atom stereocenters. The lowest BCUT2D eigenvalue weighted by molar-refractivity contribution is 0.601. The number of hydrogen-bond donors (Lipinski definition) is 2. The second kappa shape index (κ2) is 5.11. The van der Waals surface area contributed by atoms with Crippen molar-refractivity contribution in [2.75, 3.05) is 10.5 Å². The molecule has 6 heteroatoms. The normalized spacial score (nSPS) is 11.3. The highest BCUT2D eigenvalue weighted by Gasteiger charge is 2.15. The van der Waals surface area contributed by atoms with Crippen molar-refractivity contribution in [3.05, 3.63) is 53.1 Å². The second-order valence-electron chi connectivity index (χ2n) is 4.16. The topological polar surface area (TPSA) is 72.2 Å². The molecule has 4 nitrogen and oxygen atoms in total. The zero-order valence-corrected chi connectivity index (χ0v) is 11.8. The SMILES string of the molecule is Cc1cccc(NS(=O)(=O)c2ccc(Cl)c(N)c2)c1. The van der Waals surface area contributed by atoms with E-state index in [0.717, 1.165) is 5.56 Å². The van der Waals surface area contributed by atoms with E-state index in [-0.39, 0.29) is 10.6 Å². The lowest BCUT2D eigenvalue weighted by atomic mass is 10.2. The maximum Gasteiger partial charge on any atom is 0.261 e. The third-order valence-corrected chi connectivity index (χ3v) is 4.27. The smallest absolute Gasteiger partial charge is 0.261 e. The predicted octanol–water partition coefficient (Wildman–Crippen LogP) is 3.03. The first-order valence-corrected chi connectivity index (χ1v) is 7.39. The fourth-order valence-electron chi connectivity index (χ4n) is 1.61. The van der Waals surface area contributed by atoms with Crippen LogP contribution in [0.1, 0.15) is 5.56 Å². The van der Waals surface area contributed by atoms with Gasteiger partial charge in [0.1, 0.15) is 0 Å². The highest BCUT2D eigenvalue weighted by molar-refractivity contribution is 7.92. The quantitative estimate of drug-likeness (QED) is 0.855. The Morgan fingerprint density at radius 1 is 1.16 bits per heavy atom. The Morgan fingerprint density at radius 2 is 1.89 bits per heavy atom. The van der Waals surface area contributed by atoms with Crippen molar-refractivity contribution in [1.82, 2.24) is 0 Å². The molecule has 0 heterocycles. The van der Waals surface area contributed by atoms with Gasteiger partial charge >= 0.3 is 0 Å². The number of benzene rings is 2. The van der Waals surface area contributed by atoms with Gasteiger partial charge in [-0.25, -0.2) is 8.42 Å². The van der Waals surface area contributed by atoms with Crippen molar-refractivity contribution in [3.8, 4) is 0 Å². The number of halogens is 1. The molecule has 19 heavy (non-hydrogen) atoms. The van der Waals surface area contributed by atoms with Crippen LogP contribution in [0.5, 0.6) is 0 Å². The minimum absolute atomic E-state index is 0.0795. The number of anilines is 2. The Bertz CT molecular complexity index is 714. The monoisotopic (exact) mass is 296 g/mol. The number of aryl methyl sites for hydroxylation is 1. The Hall–Kier alpha value is -1.72. The summed E-state index contributed by atoms with van der Waals surface area (Å²) < 4.78 is 26.8. The van der Waals surface area contributed by atoms with Crippen molar-refractivity contribution in [2.24, 2.45) is 0 Å². The molecule has 0 aromatic heterocycles. The summed E-state index contributed by atoms with van der Waals surface area (Å²) in [6.07, 6.45) is 0. The number of nitrogens with two attached hydrogens (primary N) is 1. The van der Waals surface area contributed by atoms with Gasteiger partial charge in [0.2, 0.25) is 0 Å². The molecule has 2 aromatic rings. The maximum absolute atomic E-state index is 12.2. The van der Waals surface area contributed by atoms with E-state index in [4.69, 9.17) is 17.3 Å². The van der Waals surface area contributed by atoms with E-state index in [1.165, 1.54) is 18.2 Å². The van der Waals surface area contributed by atoms with Gasteiger partial charge in [0.15, 0.2) is 0 Å². The average Bonchev–Trinajstić information content (AvgIpc) is 2.32. The highest BCUT2D eigenvalue weighted by atomic mass is 35.5. The van der Waals surface area contributed by atoms with Gasteiger partial charge < -0.3 is 5.73 Å². The van der Waals surface area contributed by atoms with Crippen LogP contribution >= 0.6 is 11.6 Å². The largest absolute Gasteiger partial charge is 0.397 e. The number of hydrogen-bond acceptors (Lipinski definition) is 3. The standard InChI is InChI=1S/C13H13ClN2O2S/c1-9-3-2-4-10(7-9)16-19(17,18)11-5-6-12(14)13(15)8-11/h2-8,16H,15H2,1H3. The Kier molecular flexibility index (Phi) is 3.68. The van der Waals surface area contributed by atoms with Crippen LogP contribution < -0.4 is 10.5 Å². The van der Waals surface area contributed by atoms with Gasteiger partial charge in [-0.15, -0.1) is 0 Å². The van der Waals surface area contributed by atoms with Gasteiger partial charge in [-0.3, -0.25) is 4.72 Å². The molecular formula is C13H13ClN2O2S. The number of sulfonamides is 1. The van der Waals surface area contributed by atoms with Gasteiger partial charge in [-0.2, -0.15) is 0 Å². The molecule has 0 radical (unpaired) electrons. The predicted molar refractivity (Wildman–Crippen MR) is 77.9 cm³/mol. The van der Waals surface area contributed by atoms with Gasteiger partial charge in [-0.05, 0) is 42.8 Å². The van der Waals surface area contributed by atoms with Crippen LogP contribution in [0.2, 0.25) is 5.02 Å². The summed E-state index contributed by atoms with van der Waals surface area (Å²) in [7, 11) is -3.66. The second-order valence-corrected chi connectivity index (χ2v) is 6.25. The van der Waals surface area contributed by atoms with Crippen LogP contribution in [-0.2, 0) is 10.0 Å². The van der Waals surface area contributed by atoms with E-state index in [1.807, 2.05) is 13.0 Å². The zero-order chi connectivity index (χ0) is 14.0. The molecule has 0 fully saturated rings. The average molecular weight is 297 g/mol. The Morgan fingerprint density at radius 3 is 2.53 bits per heavy atom. The van der Waals surface area contributed by atoms with Gasteiger partial charge in [0.05, 0.1) is 15.6 Å². The molecule has 0 atom stereocenters. The summed E-state index contributed by atoms with van der Waals surface area (Å²) in [6, 6.07) is 11.3. The van der Waals surface area contributed by atoms with Crippen molar-refractivity contribution in [3.63, 3.8) is 0 Å². The molecule has 0 aliphatic carbocycles. The van der Waals surface area contributed by atoms with E-state index >= 15 is 0 Å². The van der Waals surface area contributed by atoms with Gasteiger partial charge in [-0.1, -0.05) is 23.7 Å². The van der Waals surface area contributed by atoms with Crippen LogP contribution in [0.25, 0.3) is 0 Å². The molecular weight excluding hydrogens is 284 g/mol. The van der Waals surface area contributed by atoms with E-state index in [1.54, 1.807) is 18.2 Å². The van der Waals surface area contributed by atoms with Crippen LogP contribution in [0.3, 0.4) is 0 Å². The molecule has 0 saturated carbocycles. The van der Waals surface area contributed by atoms with Crippen LogP contribution in [0, 0.1) is 6.92 Å². The zero-order valence-electron chi connectivity index (χ0n) is 10.2. The van der Waals surface area contributed by atoms with E-state index in [0.29, 0.717) is 10.7 Å². The summed E-state index contributed by atoms with van der Waals surface area (Å²) in [5, 5.41) is 0.328. The highest BCUT2D eigenvalue weighted by Crippen LogP contribution is 2.24.